The zero-order valence-electron chi connectivity index (χ0n) is 5.88. The Morgan fingerprint density at radius 3 is 2.55 bits per heavy atom. The molecule has 0 saturated carbocycles. The molecule has 0 unspecified atom stereocenters. The standard InChI is InChI=1S/C7H9IN2O/c8-4-11-5-1-2-6(9)7(10)3-5/h1-3H,4,9-10H2. The highest BCUT2D eigenvalue weighted by atomic mass is 127. The second kappa shape index (κ2) is 3.66. The van der Waals surface area contributed by atoms with Crippen molar-refractivity contribution in [3.63, 3.8) is 0 Å². The highest BCUT2D eigenvalue weighted by Crippen LogP contribution is 2.21. The third kappa shape index (κ3) is 2.14. The Balaban J connectivity index is 2.86. The predicted octanol–water partition coefficient (Wildman–Crippen LogP) is 1.62. The highest BCUT2D eigenvalue weighted by molar-refractivity contribution is 14.1. The topological polar surface area (TPSA) is 61.3 Å². The van der Waals surface area contributed by atoms with Crippen LogP contribution in [0.5, 0.6) is 5.75 Å². The van der Waals surface area contributed by atoms with Crippen LogP contribution in [0.3, 0.4) is 0 Å². The van der Waals surface area contributed by atoms with Gasteiger partial charge in [-0.3, -0.25) is 0 Å². The molecule has 4 heteroatoms. The molecule has 0 atom stereocenters. The van der Waals surface area contributed by atoms with E-state index in [0.29, 0.717) is 16.0 Å². The van der Waals surface area contributed by atoms with Gasteiger partial charge in [-0.15, -0.1) is 0 Å². The maximum absolute atomic E-state index is 5.54. The first-order valence-electron chi connectivity index (χ1n) is 3.08. The molecule has 60 valence electrons. The van der Waals surface area contributed by atoms with Crippen LogP contribution in [0.15, 0.2) is 18.2 Å². The van der Waals surface area contributed by atoms with Crippen LogP contribution in [-0.4, -0.2) is 4.61 Å². The van der Waals surface area contributed by atoms with Gasteiger partial charge in [0, 0.05) is 6.07 Å². The minimum atomic E-state index is 0.562. The molecule has 0 radical (unpaired) electrons. The molecule has 0 aliphatic heterocycles. The maximum atomic E-state index is 5.54. The summed E-state index contributed by atoms with van der Waals surface area (Å²) in [6.07, 6.45) is 0. The molecule has 1 aromatic rings. The van der Waals surface area contributed by atoms with Gasteiger partial charge < -0.3 is 16.2 Å². The quantitative estimate of drug-likeness (QED) is 0.484. The third-order valence-corrected chi connectivity index (χ3v) is 1.59. The Kier molecular flexibility index (Phi) is 2.81. The summed E-state index contributed by atoms with van der Waals surface area (Å²) >= 11 is 2.12. The minimum Gasteiger partial charge on any atom is -0.483 e. The van der Waals surface area contributed by atoms with Crippen molar-refractivity contribution < 1.29 is 4.74 Å². The van der Waals surface area contributed by atoms with Gasteiger partial charge in [-0.2, -0.15) is 0 Å². The monoisotopic (exact) mass is 264 g/mol. The normalized spacial score (nSPS) is 9.55. The summed E-state index contributed by atoms with van der Waals surface area (Å²) in [7, 11) is 0. The van der Waals surface area contributed by atoms with Crippen LogP contribution in [0.1, 0.15) is 0 Å². The Labute approximate surface area is 78.9 Å². The highest BCUT2D eigenvalue weighted by Gasteiger charge is 1.96. The first kappa shape index (κ1) is 8.45. The largest absolute Gasteiger partial charge is 0.483 e. The second-order valence-electron chi connectivity index (χ2n) is 2.04. The van der Waals surface area contributed by atoms with Crippen LogP contribution in [0.2, 0.25) is 0 Å². The average Bonchev–Trinajstić information content (AvgIpc) is 1.98. The second-order valence-corrected chi connectivity index (χ2v) is 2.67. The van der Waals surface area contributed by atoms with E-state index in [1.807, 2.05) is 0 Å². The molecular formula is C7H9IN2O. The maximum Gasteiger partial charge on any atom is 0.139 e. The molecule has 1 rings (SSSR count). The Morgan fingerprint density at radius 2 is 2.00 bits per heavy atom. The SMILES string of the molecule is Nc1ccc(OCI)cc1N. The van der Waals surface area contributed by atoms with E-state index >= 15 is 0 Å². The van der Waals surface area contributed by atoms with Crippen LogP contribution in [-0.2, 0) is 0 Å². The van der Waals surface area contributed by atoms with E-state index in [1.165, 1.54) is 0 Å². The molecule has 0 aliphatic rings. The van der Waals surface area contributed by atoms with Gasteiger partial charge in [0.1, 0.15) is 10.4 Å². The van der Waals surface area contributed by atoms with Gasteiger partial charge in [0.25, 0.3) is 0 Å². The lowest BCUT2D eigenvalue weighted by Crippen LogP contribution is -1.95. The number of hydrogen-bond acceptors (Lipinski definition) is 3. The number of hydrogen-bond donors (Lipinski definition) is 2. The molecule has 0 aromatic heterocycles. The molecule has 0 amide bonds. The zero-order valence-corrected chi connectivity index (χ0v) is 8.04. The number of ether oxygens (including phenoxy) is 1. The summed E-state index contributed by atoms with van der Waals surface area (Å²) in [5.74, 6) is 0.756. The van der Waals surface area contributed by atoms with Crippen LogP contribution >= 0.6 is 22.6 Å². The smallest absolute Gasteiger partial charge is 0.139 e. The summed E-state index contributed by atoms with van der Waals surface area (Å²) in [6.45, 7) is 0. The first-order valence-corrected chi connectivity index (χ1v) is 4.60. The van der Waals surface area contributed by atoms with E-state index < -0.39 is 0 Å². The molecule has 0 bridgehead atoms. The molecule has 3 nitrogen and oxygen atoms in total. The van der Waals surface area contributed by atoms with E-state index in [2.05, 4.69) is 22.6 Å². The first-order chi connectivity index (χ1) is 5.24. The predicted molar refractivity (Wildman–Crippen MR) is 54.8 cm³/mol. The number of nitrogens with two attached hydrogens (primary N) is 2. The minimum absolute atomic E-state index is 0.562. The van der Waals surface area contributed by atoms with Gasteiger partial charge in [-0.05, 0) is 34.7 Å². The number of alkyl halides is 1. The Bertz CT molecular complexity index is 252. The molecule has 0 heterocycles. The van der Waals surface area contributed by atoms with Crippen LogP contribution < -0.4 is 16.2 Å². The van der Waals surface area contributed by atoms with Gasteiger partial charge in [0.2, 0.25) is 0 Å². The third-order valence-electron chi connectivity index (χ3n) is 1.28. The summed E-state index contributed by atoms with van der Waals surface area (Å²) in [5, 5.41) is 0. The van der Waals surface area contributed by atoms with Crippen molar-refractivity contribution in [3.05, 3.63) is 18.2 Å². The zero-order chi connectivity index (χ0) is 8.27. The molecule has 0 fully saturated rings. The molecule has 0 spiro atoms. The van der Waals surface area contributed by atoms with Crippen molar-refractivity contribution in [1.82, 2.24) is 0 Å². The van der Waals surface area contributed by atoms with Gasteiger partial charge >= 0.3 is 0 Å². The van der Waals surface area contributed by atoms with E-state index in [-0.39, 0.29) is 0 Å². The van der Waals surface area contributed by atoms with Crippen molar-refractivity contribution in [1.29, 1.82) is 0 Å². The molecule has 4 N–H and O–H groups in total. The molecule has 11 heavy (non-hydrogen) atoms. The number of benzene rings is 1. The number of anilines is 2. The van der Waals surface area contributed by atoms with Crippen LogP contribution in [0, 0.1) is 0 Å². The molecule has 1 aromatic carbocycles. The molecule has 0 saturated heterocycles. The lowest BCUT2D eigenvalue weighted by atomic mass is 10.2. The van der Waals surface area contributed by atoms with E-state index in [0.717, 1.165) is 5.75 Å². The van der Waals surface area contributed by atoms with E-state index in [1.54, 1.807) is 18.2 Å². The van der Waals surface area contributed by atoms with Crippen molar-refractivity contribution in [3.8, 4) is 5.75 Å². The van der Waals surface area contributed by atoms with Crippen LogP contribution in [0.4, 0.5) is 11.4 Å². The van der Waals surface area contributed by atoms with Crippen molar-refractivity contribution in [2.24, 2.45) is 0 Å². The van der Waals surface area contributed by atoms with E-state index in [9.17, 15) is 0 Å². The summed E-state index contributed by atoms with van der Waals surface area (Å²) in [4.78, 5) is 0. The fraction of sp³-hybridized carbons (Fsp3) is 0.143. The van der Waals surface area contributed by atoms with Crippen LogP contribution in [0.25, 0.3) is 0 Å². The molecule has 0 aliphatic carbocycles. The lowest BCUT2D eigenvalue weighted by Gasteiger charge is -2.04. The summed E-state index contributed by atoms with van der Waals surface area (Å²) < 4.78 is 5.80. The number of halogens is 1. The summed E-state index contributed by atoms with van der Waals surface area (Å²) in [5.41, 5.74) is 12.2. The van der Waals surface area contributed by atoms with Gasteiger partial charge in [-0.1, -0.05) is 0 Å². The lowest BCUT2D eigenvalue weighted by molar-refractivity contribution is 0.405. The molecular weight excluding hydrogens is 255 g/mol. The van der Waals surface area contributed by atoms with Crippen molar-refractivity contribution in [2.75, 3.05) is 16.1 Å². The van der Waals surface area contributed by atoms with Gasteiger partial charge in [-0.25, -0.2) is 0 Å². The fourth-order valence-corrected chi connectivity index (χ4v) is 1.07. The average molecular weight is 264 g/mol. The van der Waals surface area contributed by atoms with Crippen molar-refractivity contribution in [2.45, 2.75) is 0 Å². The Hall–Kier alpha value is -0.650. The number of rotatable bonds is 2. The number of nitrogen functional groups attached to an aromatic ring is 2. The summed E-state index contributed by atoms with van der Waals surface area (Å²) in [6, 6.07) is 5.25. The van der Waals surface area contributed by atoms with E-state index in [4.69, 9.17) is 16.2 Å². The van der Waals surface area contributed by atoms with Gasteiger partial charge in [0.15, 0.2) is 0 Å². The van der Waals surface area contributed by atoms with Crippen molar-refractivity contribution >= 4 is 34.0 Å². The van der Waals surface area contributed by atoms with Gasteiger partial charge in [0.05, 0.1) is 11.4 Å². The Morgan fingerprint density at radius 1 is 1.27 bits per heavy atom. The fourth-order valence-electron chi connectivity index (χ4n) is 0.706.